The number of carbonyl (C=O) groups excluding carboxylic acids is 2. The van der Waals surface area contributed by atoms with Gasteiger partial charge in [0.15, 0.2) is 5.43 Å². The fourth-order valence-electron chi connectivity index (χ4n) is 3.34. The molecule has 1 N–H and O–H groups in total. The first-order valence-corrected chi connectivity index (χ1v) is 10.1. The molecule has 0 bridgehead atoms. The van der Waals surface area contributed by atoms with E-state index < -0.39 is 18.0 Å². The van der Waals surface area contributed by atoms with Crippen molar-refractivity contribution >= 4 is 28.5 Å². The van der Waals surface area contributed by atoms with Crippen LogP contribution in [0.3, 0.4) is 0 Å². The van der Waals surface area contributed by atoms with Gasteiger partial charge in [-0.15, -0.1) is 0 Å². The summed E-state index contributed by atoms with van der Waals surface area (Å²) in [6.07, 6.45) is -1.24. The van der Waals surface area contributed by atoms with Crippen LogP contribution in [-0.4, -0.2) is 11.9 Å². The number of anilines is 1. The molecule has 0 spiro atoms. The number of rotatable bonds is 5. The van der Waals surface area contributed by atoms with Crippen LogP contribution in [0, 0.1) is 13.8 Å². The van der Waals surface area contributed by atoms with Gasteiger partial charge in [-0.25, -0.2) is 4.79 Å². The number of hydrogen-bond acceptors (Lipinski definition) is 5. The molecule has 0 saturated heterocycles. The number of hydrogen-bond donors (Lipinski definition) is 1. The van der Waals surface area contributed by atoms with E-state index in [0.717, 1.165) is 17.2 Å². The number of amides is 1. The minimum atomic E-state index is -1.24. The van der Waals surface area contributed by atoms with E-state index in [0.29, 0.717) is 16.6 Å². The zero-order chi connectivity index (χ0) is 22.7. The standard InChI is InChI=1S/C26H21NO5/c1-16-12-13-17(2)20(14-16)27-25(29)24(18-8-4-3-5-9-18)32-26(30)23-15-21(28)19-10-6-7-11-22(19)31-23/h3-15,24H,1-2H3,(H,27,29). The van der Waals surface area contributed by atoms with Crippen LogP contribution in [0.25, 0.3) is 11.0 Å². The van der Waals surface area contributed by atoms with Crippen molar-refractivity contribution in [3.63, 3.8) is 0 Å². The average molecular weight is 427 g/mol. The second kappa shape index (κ2) is 8.89. The molecular weight excluding hydrogens is 406 g/mol. The Kier molecular flexibility index (Phi) is 5.85. The van der Waals surface area contributed by atoms with Gasteiger partial charge in [-0.1, -0.05) is 54.6 Å². The van der Waals surface area contributed by atoms with Gasteiger partial charge in [0.1, 0.15) is 5.58 Å². The van der Waals surface area contributed by atoms with Gasteiger partial charge in [0.25, 0.3) is 5.91 Å². The largest absolute Gasteiger partial charge is 0.449 e. The lowest BCUT2D eigenvalue weighted by Crippen LogP contribution is -2.26. The number of fused-ring (bicyclic) bond motifs is 1. The topological polar surface area (TPSA) is 85.6 Å². The Hall–Kier alpha value is -4.19. The lowest BCUT2D eigenvalue weighted by Gasteiger charge is -2.19. The molecule has 1 heterocycles. The van der Waals surface area contributed by atoms with E-state index in [1.54, 1.807) is 54.6 Å². The van der Waals surface area contributed by atoms with Crippen molar-refractivity contribution in [3.8, 4) is 0 Å². The van der Waals surface area contributed by atoms with E-state index in [-0.39, 0.29) is 16.8 Å². The van der Waals surface area contributed by atoms with Crippen molar-refractivity contribution in [2.75, 3.05) is 5.32 Å². The molecule has 1 unspecified atom stereocenters. The Balaban J connectivity index is 1.65. The molecule has 1 aromatic heterocycles. The number of nitrogens with one attached hydrogen (secondary N) is 1. The summed E-state index contributed by atoms with van der Waals surface area (Å²) in [6.45, 7) is 3.80. The lowest BCUT2D eigenvalue weighted by molar-refractivity contribution is -0.125. The zero-order valence-corrected chi connectivity index (χ0v) is 17.6. The summed E-state index contributed by atoms with van der Waals surface area (Å²) in [4.78, 5) is 38.4. The van der Waals surface area contributed by atoms with Crippen LogP contribution in [0.2, 0.25) is 0 Å². The van der Waals surface area contributed by atoms with Crippen LogP contribution in [0.1, 0.15) is 33.3 Å². The van der Waals surface area contributed by atoms with Crippen LogP contribution < -0.4 is 10.7 Å². The molecule has 160 valence electrons. The Morgan fingerprint density at radius 3 is 2.41 bits per heavy atom. The van der Waals surface area contributed by atoms with E-state index in [1.165, 1.54) is 0 Å². The van der Waals surface area contributed by atoms with E-state index in [9.17, 15) is 14.4 Å². The molecule has 0 radical (unpaired) electrons. The van der Waals surface area contributed by atoms with Crippen molar-refractivity contribution in [1.29, 1.82) is 0 Å². The van der Waals surface area contributed by atoms with Gasteiger partial charge in [0.2, 0.25) is 11.9 Å². The highest BCUT2D eigenvalue weighted by molar-refractivity contribution is 5.98. The molecule has 4 aromatic rings. The van der Waals surface area contributed by atoms with Gasteiger partial charge in [0.05, 0.1) is 5.39 Å². The van der Waals surface area contributed by atoms with Crippen molar-refractivity contribution in [3.05, 3.63) is 112 Å². The van der Waals surface area contributed by atoms with Crippen LogP contribution in [0.4, 0.5) is 5.69 Å². The molecule has 0 fully saturated rings. The van der Waals surface area contributed by atoms with Gasteiger partial charge in [0, 0.05) is 17.3 Å². The molecular formula is C26H21NO5. The zero-order valence-electron chi connectivity index (χ0n) is 17.6. The Bertz CT molecular complexity index is 1360. The predicted octanol–water partition coefficient (Wildman–Crippen LogP) is 4.95. The van der Waals surface area contributed by atoms with Gasteiger partial charge < -0.3 is 14.5 Å². The van der Waals surface area contributed by atoms with Gasteiger partial charge >= 0.3 is 5.97 Å². The second-order valence-corrected chi connectivity index (χ2v) is 7.47. The van der Waals surface area contributed by atoms with Crippen LogP contribution in [0.5, 0.6) is 0 Å². The number of esters is 1. The monoisotopic (exact) mass is 427 g/mol. The predicted molar refractivity (Wildman–Crippen MR) is 122 cm³/mol. The first kappa shape index (κ1) is 21.1. The van der Waals surface area contributed by atoms with Crippen molar-refractivity contribution in [2.45, 2.75) is 20.0 Å². The molecule has 0 aliphatic rings. The summed E-state index contributed by atoms with van der Waals surface area (Å²) in [6, 6.07) is 22.1. The fourth-order valence-corrected chi connectivity index (χ4v) is 3.34. The molecule has 0 aliphatic heterocycles. The summed E-state index contributed by atoms with van der Waals surface area (Å²) in [5.41, 5.74) is 2.88. The first-order valence-electron chi connectivity index (χ1n) is 10.1. The van der Waals surface area contributed by atoms with Crippen LogP contribution in [0.15, 0.2) is 88.1 Å². The molecule has 4 rings (SSSR count). The normalized spacial score (nSPS) is 11.7. The van der Waals surface area contributed by atoms with E-state index in [2.05, 4.69) is 5.32 Å². The minimum Gasteiger partial charge on any atom is -0.449 e. The number of ether oxygens (including phenoxy) is 1. The summed E-state index contributed by atoms with van der Waals surface area (Å²) >= 11 is 0. The Morgan fingerprint density at radius 1 is 0.906 bits per heavy atom. The van der Waals surface area contributed by atoms with E-state index in [4.69, 9.17) is 9.15 Å². The SMILES string of the molecule is Cc1ccc(C)c(NC(=O)C(OC(=O)c2cc(=O)c3ccccc3o2)c2ccccc2)c1. The third kappa shape index (κ3) is 4.44. The summed E-state index contributed by atoms with van der Waals surface area (Å²) < 4.78 is 11.1. The quantitative estimate of drug-likeness (QED) is 0.456. The maximum absolute atomic E-state index is 13.1. The molecule has 3 aromatic carbocycles. The molecule has 0 saturated carbocycles. The first-order chi connectivity index (χ1) is 15.4. The van der Waals surface area contributed by atoms with E-state index >= 15 is 0 Å². The number of carbonyl (C=O) groups is 2. The average Bonchev–Trinajstić information content (AvgIpc) is 2.80. The smallest absolute Gasteiger partial charge is 0.375 e. The van der Waals surface area contributed by atoms with Crippen molar-refractivity contribution in [2.24, 2.45) is 0 Å². The van der Waals surface area contributed by atoms with Crippen molar-refractivity contribution in [1.82, 2.24) is 0 Å². The van der Waals surface area contributed by atoms with Crippen LogP contribution in [-0.2, 0) is 9.53 Å². The minimum absolute atomic E-state index is 0.267. The third-order valence-corrected chi connectivity index (χ3v) is 5.05. The summed E-state index contributed by atoms with van der Waals surface area (Å²) in [7, 11) is 0. The van der Waals surface area contributed by atoms with Crippen molar-refractivity contribution < 1.29 is 18.7 Å². The highest BCUT2D eigenvalue weighted by Gasteiger charge is 2.27. The van der Waals surface area contributed by atoms with Crippen LogP contribution >= 0.6 is 0 Å². The summed E-state index contributed by atoms with van der Waals surface area (Å²) in [5.74, 6) is -1.69. The molecule has 6 heteroatoms. The number of para-hydroxylation sites is 1. The Labute approximate surface area is 184 Å². The maximum Gasteiger partial charge on any atom is 0.375 e. The highest BCUT2D eigenvalue weighted by Crippen LogP contribution is 2.24. The molecule has 1 atom stereocenters. The number of aryl methyl sites for hydroxylation is 2. The van der Waals surface area contributed by atoms with Gasteiger partial charge in [-0.2, -0.15) is 0 Å². The summed E-state index contributed by atoms with van der Waals surface area (Å²) in [5, 5.41) is 3.20. The van der Waals surface area contributed by atoms with E-state index in [1.807, 2.05) is 32.0 Å². The molecule has 32 heavy (non-hydrogen) atoms. The third-order valence-electron chi connectivity index (χ3n) is 5.05. The number of benzene rings is 3. The molecule has 1 amide bonds. The van der Waals surface area contributed by atoms with Gasteiger partial charge in [-0.3, -0.25) is 9.59 Å². The van der Waals surface area contributed by atoms with Gasteiger partial charge in [-0.05, 0) is 43.2 Å². The second-order valence-electron chi connectivity index (χ2n) is 7.47. The Morgan fingerprint density at radius 2 is 1.62 bits per heavy atom. The molecule has 6 nitrogen and oxygen atoms in total. The fraction of sp³-hybridized carbons (Fsp3) is 0.115. The molecule has 0 aliphatic carbocycles. The lowest BCUT2D eigenvalue weighted by atomic mass is 10.1. The maximum atomic E-state index is 13.1. The highest BCUT2D eigenvalue weighted by atomic mass is 16.6.